The number of carboxylic acid groups (broad SMARTS) is 1. The van der Waals surface area contributed by atoms with Gasteiger partial charge in [0.25, 0.3) is 0 Å². The van der Waals surface area contributed by atoms with Crippen molar-refractivity contribution in [2.24, 2.45) is 0 Å². The van der Waals surface area contributed by atoms with Gasteiger partial charge in [0, 0.05) is 6.20 Å². The van der Waals surface area contributed by atoms with Crippen molar-refractivity contribution in [2.75, 3.05) is 0 Å². The van der Waals surface area contributed by atoms with Gasteiger partial charge in [0.05, 0.1) is 17.8 Å². The van der Waals surface area contributed by atoms with Crippen molar-refractivity contribution in [2.45, 2.75) is 44.6 Å². The van der Waals surface area contributed by atoms with E-state index in [0.717, 1.165) is 12.8 Å². The Bertz CT molecular complexity index is 338. The van der Waals surface area contributed by atoms with Gasteiger partial charge >= 0.3 is 5.97 Å². The summed E-state index contributed by atoms with van der Waals surface area (Å²) in [5.41, 5.74) is 0.291. The van der Waals surface area contributed by atoms with Gasteiger partial charge in [-0.05, 0) is 12.8 Å². The number of hydrogen-bond donors (Lipinski definition) is 1. The summed E-state index contributed by atoms with van der Waals surface area (Å²) in [6.07, 6.45) is 10.4. The van der Waals surface area contributed by atoms with E-state index < -0.39 is 5.97 Å². The maximum absolute atomic E-state index is 10.7. The van der Waals surface area contributed by atoms with Crippen LogP contribution in [-0.2, 0) is 0 Å². The number of rotatable bonds is 2. The first-order chi connectivity index (χ1) is 7.27. The monoisotopic (exact) mass is 208 g/mol. The van der Waals surface area contributed by atoms with Crippen LogP contribution in [-0.4, -0.2) is 20.9 Å². The Labute approximate surface area is 88.9 Å². The Morgan fingerprint density at radius 1 is 1.33 bits per heavy atom. The van der Waals surface area contributed by atoms with Crippen LogP contribution >= 0.6 is 0 Å². The third-order valence-electron chi connectivity index (χ3n) is 3.05. The minimum Gasteiger partial charge on any atom is -0.478 e. The van der Waals surface area contributed by atoms with E-state index in [9.17, 15) is 4.79 Å². The average Bonchev–Trinajstić information content (AvgIpc) is 2.55. The predicted octanol–water partition coefficient (Wildman–Crippen LogP) is 2.48. The number of aromatic nitrogens is 2. The fourth-order valence-corrected chi connectivity index (χ4v) is 2.17. The quantitative estimate of drug-likeness (QED) is 0.759. The molecule has 1 fully saturated rings. The van der Waals surface area contributed by atoms with E-state index in [1.807, 2.05) is 4.68 Å². The van der Waals surface area contributed by atoms with Crippen LogP contribution in [0.25, 0.3) is 0 Å². The van der Waals surface area contributed by atoms with E-state index in [1.54, 1.807) is 6.20 Å². The summed E-state index contributed by atoms with van der Waals surface area (Å²) in [6.45, 7) is 0. The number of carbonyl (C=O) groups is 1. The molecule has 0 saturated heterocycles. The van der Waals surface area contributed by atoms with Crippen LogP contribution in [0.1, 0.15) is 54.9 Å². The van der Waals surface area contributed by atoms with Crippen LogP contribution in [0.2, 0.25) is 0 Å². The number of hydrogen-bond acceptors (Lipinski definition) is 2. The Morgan fingerprint density at radius 3 is 2.53 bits per heavy atom. The maximum Gasteiger partial charge on any atom is 0.338 e. The van der Waals surface area contributed by atoms with Crippen LogP contribution in [0.4, 0.5) is 0 Å². The van der Waals surface area contributed by atoms with E-state index in [2.05, 4.69) is 5.10 Å². The normalized spacial score (nSPS) is 18.7. The molecule has 0 radical (unpaired) electrons. The molecule has 1 aromatic heterocycles. The molecular formula is C11H16N2O2. The van der Waals surface area contributed by atoms with Gasteiger partial charge in [-0.2, -0.15) is 5.10 Å². The summed E-state index contributed by atoms with van der Waals surface area (Å²) < 4.78 is 1.83. The molecule has 1 aromatic rings. The zero-order valence-electron chi connectivity index (χ0n) is 8.72. The Hall–Kier alpha value is -1.32. The molecule has 82 valence electrons. The first-order valence-electron chi connectivity index (χ1n) is 5.55. The molecule has 0 unspecified atom stereocenters. The van der Waals surface area contributed by atoms with Crippen molar-refractivity contribution in [3.05, 3.63) is 18.0 Å². The largest absolute Gasteiger partial charge is 0.478 e. The highest BCUT2D eigenvalue weighted by molar-refractivity contribution is 5.86. The minimum absolute atomic E-state index is 0.291. The van der Waals surface area contributed by atoms with Crippen molar-refractivity contribution in [3.8, 4) is 0 Å². The Balaban J connectivity index is 2.10. The Morgan fingerprint density at radius 2 is 2.00 bits per heavy atom. The summed E-state index contributed by atoms with van der Waals surface area (Å²) in [4.78, 5) is 10.7. The summed E-state index contributed by atoms with van der Waals surface area (Å²) in [7, 11) is 0. The van der Waals surface area contributed by atoms with Gasteiger partial charge in [0.2, 0.25) is 0 Å². The summed E-state index contributed by atoms with van der Waals surface area (Å²) in [5.74, 6) is -0.894. The second-order valence-corrected chi connectivity index (χ2v) is 4.16. The highest BCUT2D eigenvalue weighted by Gasteiger charge is 2.16. The molecule has 0 spiro atoms. The molecule has 0 bridgehead atoms. The lowest BCUT2D eigenvalue weighted by atomic mass is 10.1. The van der Waals surface area contributed by atoms with Crippen LogP contribution in [0.3, 0.4) is 0 Å². The molecule has 1 aliphatic rings. The zero-order chi connectivity index (χ0) is 10.7. The second kappa shape index (κ2) is 4.47. The van der Waals surface area contributed by atoms with Gasteiger partial charge in [-0.1, -0.05) is 25.7 Å². The van der Waals surface area contributed by atoms with E-state index in [1.165, 1.54) is 31.9 Å². The molecule has 4 nitrogen and oxygen atoms in total. The topological polar surface area (TPSA) is 55.1 Å². The van der Waals surface area contributed by atoms with Gasteiger partial charge in [0.1, 0.15) is 0 Å². The zero-order valence-corrected chi connectivity index (χ0v) is 8.72. The summed E-state index contributed by atoms with van der Waals surface area (Å²) in [6, 6.07) is 0.403. The van der Waals surface area contributed by atoms with Crippen molar-refractivity contribution >= 4 is 5.97 Å². The average molecular weight is 208 g/mol. The standard InChI is InChI=1S/C11H16N2O2/c14-11(15)9-7-12-13(8-9)10-5-3-1-2-4-6-10/h7-8,10H,1-6H2,(H,14,15). The Kier molecular flexibility index (Phi) is 3.04. The van der Waals surface area contributed by atoms with Crippen LogP contribution < -0.4 is 0 Å². The molecule has 1 N–H and O–H groups in total. The molecule has 1 saturated carbocycles. The third kappa shape index (κ3) is 2.37. The van der Waals surface area contributed by atoms with Gasteiger partial charge in [-0.15, -0.1) is 0 Å². The maximum atomic E-state index is 10.7. The molecule has 2 rings (SSSR count). The van der Waals surface area contributed by atoms with E-state index in [-0.39, 0.29) is 0 Å². The highest BCUT2D eigenvalue weighted by Crippen LogP contribution is 2.26. The van der Waals surface area contributed by atoms with Crippen LogP contribution in [0.5, 0.6) is 0 Å². The van der Waals surface area contributed by atoms with Gasteiger partial charge in [0.15, 0.2) is 0 Å². The number of carboxylic acids is 1. The van der Waals surface area contributed by atoms with Crippen molar-refractivity contribution in [1.29, 1.82) is 0 Å². The summed E-state index contributed by atoms with van der Waals surface area (Å²) >= 11 is 0. The molecule has 0 atom stereocenters. The summed E-state index contributed by atoms with van der Waals surface area (Å²) in [5, 5.41) is 12.9. The fourth-order valence-electron chi connectivity index (χ4n) is 2.17. The van der Waals surface area contributed by atoms with Crippen molar-refractivity contribution < 1.29 is 9.90 Å². The molecule has 15 heavy (non-hydrogen) atoms. The van der Waals surface area contributed by atoms with E-state index >= 15 is 0 Å². The molecule has 0 aliphatic heterocycles. The third-order valence-corrected chi connectivity index (χ3v) is 3.05. The molecule has 0 aromatic carbocycles. The van der Waals surface area contributed by atoms with Crippen molar-refractivity contribution in [1.82, 2.24) is 9.78 Å². The molecule has 1 heterocycles. The van der Waals surface area contributed by atoms with Gasteiger partial charge in [-0.25, -0.2) is 4.79 Å². The fraction of sp³-hybridized carbons (Fsp3) is 0.636. The van der Waals surface area contributed by atoms with Crippen LogP contribution in [0, 0.1) is 0 Å². The first-order valence-corrected chi connectivity index (χ1v) is 5.55. The van der Waals surface area contributed by atoms with E-state index in [4.69, 9.17) is 5.11 Å². The van der Waals surface area contributed by atoms with Gasteiger partial charge < -0.3 is 5.11 Å². The second-order valence-electron chi connectivity index (χ2n) is 4.16. The lowest BCUT2D eigenvalue weighted by molar-refractivity contribution is 0.0696. The van der Waals surface area contributed by atoms with Crippen molar-refractivity contribution in [3.63, 3.8) is 0 Å². The predicted molar refractivity (Wildman–Crippen MR) is 55.9 cm³/mol. The molecule has 0 amide bonds. The minimum atomic E-state index is -0.894. The SMILES string of the molecule is O=C(O)c1cnn(C2CCCCCC2)c1. The van der Waals surface area contributed by atoms with Gasteiger partial charge in [-0.3, -0.25) is 4.68 Å². The molecular weight excluding hydrogens is 192 g/mol. The number of aromatic carboxylic acids is 1. The highest BCUT2D eigenvalue weighted by atomic mass is 16.4. The molecule has 4 heteroatoms. The lowest BCUT2D eigenvalue weighted by Crippen LogP contribution is -2.08. The number of nitrogens with zero attached hydrogens (tertiary/aromatic N) is 2. The van der Waals surface area contributed by atoms with Crippen LogP contribution in [0.15, 0.2) is 12.4 Å². The smallest absolute Gasteiger partial charge is 0.338 e. The molecule has 1 aliphatic carbocycles. The lowest BCUT2D eigenvalue weighted by Gasteiger charge is -2.13. The van der Waals surface area contributed by atoms with E-state index in [0.29, 0.717) is 11.6 Å². The first kappa shape index (κ1) is 10.2.